The number of amides is 1. The van der Waals surface area contributed by atoms with Crippen molar-refractivity contribution in [3.8, 4) is 6.07 Å². The van der Waals surface area contributed by atoms with E-state index in [0.717, 1.165) is 0 Å². The van der Waals surface area contributed by atoms with Gasteiger partial charge in [-0.05, 0) is 17.2 Å². The van der Waals surface area contributed by atoms with Gasteiger partial charge in [-0.3, -0.25) is 4.79 Å². The van der Waals surface area contributed by atoms with Gasteiger partial charge in [-0.2, -0.15) is 5.26 Å². The first-order chi connectivity index (χ1) is 12.6. The second kappa shape index (κ2) is 9.35. The zero-order valence-electron chi connectivity index (χ0n) is 14.6. The lowest BCUT2D eigenvalue weighted by atomic mass is 10.00. The van der Waals surface area contributed by atoms with Gasteiger partial charge in [0.05, 0.1) is 18.7 Å². The molecule has 0 aliphatic carbocycles. The molecule has 0 heterocycles. The van der Waals surface area contributed by atoms with Crippen molar-refractivity contribution < 1.29 is 19.1 Å². The second-order valence-electron chi connectivity index (χ2n) is 5.58. The molecule has 1 N–H and O–H groups in total. The van der Waals surface area contributed by atoms with Gasteiger partial charge in [0, 0.05) is 13.5 Å². The number of methoxy groups -OCH3 is 2. The van der Waals surface area contributed by atoms with Crippen LogP contribution in [-0.4, -0.2) is 32.1 Å². The normalized spacial score (nSPS) is 12.5. The van der Waals surface area contributed by atoms with Gasteiger partial charge >= 0.3 is 5.97 Å². The SMILES string of the molecule is COC(=O)[C@H](Cc1ccccc1C#N)NC(=O)[C@H](OC)c1ccccc1. The first-order valence-corrected chi connectivity index (χ1v) is 8.04. The molecule has 1 amide bonds. The third-order valence-electron chi connectivity index (χ3n) is 3.94. The summed E-state index contributed by atoms with van der Waals surface area (Å²) < 4.78 is 10.1. The maximum Gasteiger partial charge on any atom is 0.328 e. The summed E-state index contributed by atoms with van der Waals surface area (Å²) in [5, 5.41) is 11.9. The molecule has 26 heavy (non-hydrogen) atoms. The lowest BCUT2D eigenvalue weighted by molar-refractivity contribution is -0.146. The first kappa shape index (κ1) is 19.2. The number of carbonyl (C=O) groups is 2. The van der Waals surface area contributed by atoms with Crippen LogP contribution in [-0.2, 0) is 25.5 Å². The molecule has 0 radical (unpaired) electrons. The molecule has 134 valence electrons. The highest BCUT2D eigenvalue weighted by Crippen LogP contribution is 2.17. The number of esters is 1. The Labute approximate surface area is 152 Å². The highest BCUT2D eigenvalue weighted by molar-refractivity contribution is 5.88. The Balaban J connectivity index is 2.21. The van der Waals surface area contributed by atoms with Crippen LogP contribution < -0.4 is 5.32 Å². The summed E-state index contributed by atoms with van der Waals surface area (Å²) in [6, 6.07) is 17.0. The van der Waals surface area contributed by atoms with E-state index >= 15 is 0 Å². The average molecular weight is 352 g/mol. The molecule has 2 rings (SSSR count). The van der Waals surface area contributed by atoms with Gasteiger partial charge in [0.2, 0.25) is 0 Å². The zero-order chi connectivity index (χ0) is 18.9. The van der Waals surface area contributed by atoms with E-state index in [1.807, 2.05) is 6.07 Å². The number of rotatable bonds is 7. The topological polar surface area (TPSA) is 88.4 Å². The molecule has 0 aliphatic heterocycles. The van der Waals surface area contributed by atoms with Gasteiger partial charge in [-0.1, -0.05) is 48.5 Å². The van der Waals surface area contributed by atoms with Gasteiger partial charge in [0.1, 0.15) is 6.04 Å². The molecule has 0 aromatic heterocycles. The molecule has 0 saturated heterocycles. The molecule has 0 saturated carbocycles. The Bertz CT molecular complexity index is 799. The van der Waals surface area contributed by atoms with Gasteiger partial charge in [-0.15, -0.1) is 0 Å². The van der Waals surface area contributed by atoms with Crippen LogP contribution in [0.5, 0.6) is 0 Å². The predicted octanol–water partition coefficient (Wildman–Crippen LogP) is 2.15. The van der Waals surface area contributed by atoms with Gasteiger partial charge in [-0.25, -0.2) is 4.79 Å². The molecule has 0 bridgehead atoms. The van der Waals surface area contributed by atoms with Crippen molar-refractivity contribution in [2.45, 2.75) is 18.6 Å². The predicted molar refractivity (Wildman–Crippen MR) is 95.0 cm³/mol. The standard InChI is InChI=1S/C20H20N2O4/c1-25-18(14-8-4-3-5-9-14)19(23)22-17(20(24)26-2)12-15-10-6-7-11-16(15)13-21/h3-11,17-18H,12H2,1-2H3,(H,22,23)/t17-,18+/m0/s1. The average Bonchev–Trinajstić information content (AvgIpc) is 2.68. The molecule has 6 nitrogen and oxygen atoms in total. The van der Waals surface area contributed by atoms with Gasteiger partial charge in [0.15, 0.2) is 6.10 Å². The minimum Gasteiger partial charge on any atom is -0.467 e. The smallest absolute Gasteiger partial charge is 0.328 e. The number of ether oxygens (including phenoxy) is 2. The Morgan fingerprint density at radius 2 is 1.73 bits per heavy atom. The summed E-state index contributed by atoms with van der Waals surface area (Å²) in [4.78, 5) is 24.8. The minimum atomic E-state index is -0.927. The molecule has 2 atom stereocenters. The maximum atomic E-state index is 12.6. The van der Waals surface area contributed by atoms with Crippen molar-refractivity contribution in [2.75, 3.05) is 14.2 Å². The van der Waals surface area contributed by atoms with E-state index in [1.165, 1.54) is 14.2 Å². The summed E-state index contributed by atoms with van der Waals surface area (Å²) in [6.45, 7) is 0. The molecule has 0 aliphatic rings. The van der Waals surface area contributed by atoms with Crippen LogP contribution in [0.1, 0.15) is 22.8 Å². The summed E-state index contributed by atoms with van der Waals surface area (Å²) in [5.74, 6) is -1.04. The molecular formula is C20H20N2O4. The highest BCUT2D eigenvalue weighted by Gasteiger charge is 2.27. The van der Waals surface area contributed by atoms with Gasteiger partial charge < -0.3 is 14.8 Å². The lowest BCUT2D eigenvalue weighted by Gasteiger charge is -2.21. The van der Waals surface area contributed by atoms with Crippen LogP contribution in [0, 0.1) is 11.3 Å². The Morgan fingerprint density at radius 3 is 2.35 bits per heavy atom. The largest absolute Gasteiger partial charge is 0.467 e. The number of nitrogens with zero attached hydrogens (tertiary/aromatic N) is 1. The number of nitrogens with one attached hydrogen (secondary N) is 1. The Morgan fingerprint density at radius 1 is 1.08 bits per heavy atom. The van der Waals surface area contributed by atoms with E-state index in [-0.39, 0.29) is 6.42 Å². The van der Waals surface area contributed by atoms with Crippen molar-refractivity contribution in [2.24, 2.45) is 0 Å². The first-order valence-electron chi connectivity index (χ1n) is 8.04. The van der Waals surface area contributed by atoms with E-state index in [1.54, 1.807) is 48.5 Å². The summed E-state index contributed by atoms with van der Waals surface area (Å²) >= 11 is 0. The Kier molecular flexibility index (Phi) is 6.89. The highest BCUT2D eigenvalue weighted by atomic mass is 16.5. The monoisotopic (exact) mass is 352 g/mol. The summed E-state index contributed by atoms with van der Waals surface area (Å²) in [7, 11) is 2.68. The number of hydrogen-bond donors (Lipinski definition) is 1. The fraction of sp³-hybridized carbons (Fsp3) is 0.250. The molecule has 0 spiro atoms. The van der Waals surface area contributed by atoms with Crippen molar-refractivity contribution in [3.63, 3.8) is 0 Å². The zero-order valence-corrected chi connectivity index (χ0v) is 14.6. The lowest BCUT2D eigenvalue weighted by Crippen LogP contribution is -2.45. The van der Waals surface area contributed by atoms with Crippen LogP contribution in [0.3, 0.4) is 0 Å². The number of hydrogen-bond acceptors (Lipinski definition) is 5. The molecule has 2 aromatic rings. The van der Waals surface area contributed by atoms with Crippen LogP contribution in [0.25, 0.3) is 0 Å². The molecule has 2 aromatic carbocycles. The minimum absolute atomic E-state index is 0.146. The molecule has 0 unspecified atom stereocenters. The van der Waals surface area contributed by atoms with Crippen molar-refractivity contribution in [3.05, 3.63) is 71.3 Å². The van der Waals surface area contributed by atoms with E-state index in [2.05, 4.69) is 11.4 Å². The van der Waals surface area contributed by atoms with Crippen LogP contribution >= 0.6 is 0 Å². The third-order valence-corrected chi connectivity index (χ3v) is 3.94. The van der Waals surface area contributed by atoms with E-state index < -0.39 is 24.0 Å². The molecular weight excluding hydrogens is 332 g/mol. The second-order valence-corrected chi connectivity index (χ2v) is 5.58. The Hall–Kier alpha value is -3.17. The number of nitriles is 1. The van der Waals surface area contributed by atoms with Crippen molar-refractivity contribution >= 4 is 11.9 Å². The number of benzene rings is 2. The van der Waals surface area contributed by atoms with Crippen molar-refractivity contribution in [1.29, 1.82) is 5.26 Å². The molecule has 0 fully saturated rings. The van der Waals surface area contributed by atoms with Crippen molar-refractivity contribution in [1.82, 2.24) is 5.32 Å². The maximum absolute atomic E-state index is 12.6. The fourth-order valence-electron chi connectivity index (χ4n) is 2.63. The van der Waals surface area contributed by atoms with E-state index in [9.17, 15) is 14.9 Å². The van der Waals surface area contributed by atoms with E-state index in [0.29, 0.717) is 16.7 Å². The molecule has 6 heteroatoms. The van der Waals surface area contributed by atoms with Crippen LogP contribution in [0.2, 0.25) is 0 Å². The quantitative estimate of drug-likeness (QED) is 0.771. The third kappa shape index (κ3) is 4.68. The fourth-order valence-corrected chi connectivity index (χ4v) is 2.63. The summed E-state index contributed by atoms with van der Waals surface area (Å²) in [6.07, 6.45) is -0.706. The van der Waals surface area contributed by atoms with Crippen LogP contribution in [0.4, 0.5) is 0 Å². The van der Waals surface area contributed by atoms with Gasteiger partial charge in [0.25, 0.3) is 5.91 Å². The number of carbonyl (C=O) groups excluding carboxylic acids is 2. The van der Waals surface area contributed by atoms with Crippen LogP contribution in [0.15, 0.2) is 54.6 Å². The van der Waals surface area contributed by atoms with E-state index in [4.69, 9.17) is 9.47 Å². The summed E-state index contributed by atoms with van der Waals surface area (Å²) in [5.41, 5.74) is 1.77.